The van der Waals surface area contributed by atoms with Gasteiger partial charge in [0, 0.05) is 52.0 Å². The highest BCUT2D eigenvalue weighted by Gasteiger charge is 2.38. The Hall–Kier alpha value is -3.75. The van der Waals surface area contributed by atoms with Crippen molar-refractivity contribution in [3.05, 3.63) is 64.3 Å². The van der Waals surface area contributed by atoms with Crippen LogP contribution in [-0.4, -0.2) is 93.8 Å². The van der Waals surface area contributed by atoms with Crippen molar-refractivity contribution in [3.63, 3.8) is 0 Å². The maximum atomic E-state index is 14.2. The van der Waals surface area contributed by atoms with Gasteiger partial charge < -0.3 is 35.0 Å². The van der Waals surface area contributed by atoms with Crippen LogP contribution in [0.25, 0.3) is 0 Å². The first-order chi connectivity index (χ1) is 23.2. The first kappa shape index (κ1) is 35.1. The largest absolute Gasteiger partial charge is 0.495 e. The molecular formula is C33H41F3N7O5P. The van der Waals surface area contributed by atoms with Crippen LogP contribution in [0.3, 0.4) is 0 Å². The summed E-state index contributed by atoms with van der Waals surface area (Å²) in [5.41, 5.74) is 1.96. The van der Waals surface area contributed by atoms with E-state index in [0.717, 1.165) is 63.0 Å². The normalized spacial score (nSPS) is 20.7. The Balaban J connectivity index is 1.26. The lowest BCUT2D eigenvalue weighted by molar-refractivity contribution is -0.137. The number of hydrogen-bond donors (Lipinski definition) is 4. The minimum Gasteiger partial charge on any atom is -0.495 e. The molecule has 3 heterocycles. The Morgan fingerprint density at radius 3 is 2.35 bits per heavy atom. The van der Waals surface area contributed by atoms with E-state index < -0.39 is 31.3 Å². The van der Waals surface area contributed by atoms with Gasteiger partial charge in [-0.25, -0.2) is 4.98 Å². The third kappa shape index (κ3) is 7.86. The molecule has 3 aromatic rings. The van der Waals surface area contributed by atoms with Gasteiger partial charge in [0.1, 0.15) is 17.1 Å². The average Bonchev–Trinajstić information content (AvgIpc) is 3.35. The maximum absolute atomic E-state index is 14.2. The number of nitrogens with zero attached hydrogens (tertiary/aromatic N) is 5. The summed E-state index contributed by atoms with van der Waals surface area (Å²) in [6.07, 6.45) is -0.550. The number of ether oxygens (including phenoxy) is 1. The molecule has 12 nitrogen and oxygen atoms in total. The van der Waals surface area contributed by atoms with Crippen LogP contribution in [0.4, 0.5) is 36.3 Å². The lowest BCUT2D eigenvalue weighted by Crippen LogP contribution is -2.49. The first-order valence-corrected chi connectivity index (χ1v) is 18.0. The third-order valence-corrected chi connectivity index (χ3v) is 10.5. The van der Waals surface area contributed by atoms with Gasteiger partial charge in [0.15, 0.2) is 0 Å². The number of piperazine rings is 1. The molecule has 0 radical (unpaired) electrons. The van der Waals surface area contributed by atoms with Gasteiger partial charge >= 0.3 is 13.8 Å². The monoisotopic (exact) mass is 703 g/mol. The second kappa shape index (κ2) is 13.9. The zero-order chi connectivity index (χ0) is 35.1. The number of methoxy groups -OCH3 is 1. The number of nitrogens with one attached hydrogen (secondary N) is 2. The number of hydrogen-bond acceptors (Lipinski definition) is 9. The number of fused-ring (bicyclic) bond motifs is 1. The Kier molecular flexibility index (Phi) is 9.93. The zero-order valence-corrected chi connectivity index (χ0v) is 28.5. The molecule has 16 heteroatoms. The molecule has 2 aromatic carbocycles. The highest BCUT2D eigenvalue weighted by molar-refractivity contribution is 7.50. The summed E-state index contributed by atoms with van der Waals surface area (Å²) in [4.78, 5) is 46.6. The van der Waals surface area contributed by atoms with Crippen molar-refractivity contribution < 1.29 is 37.1 Å². The summed E-state index contributed by atoms with van der Waals surface area (Å²) >= 11 is 0. The summed E-state index contributed by atoms with van der Waals surface area (Å²) in [5, 5.41) is 5.66. The molecule has 4 N–H and O–H groups in total. The standard InChI is InChI=1S/C33H41F3N7O5P/c1-41-12-14-43(15-13-41)22-7-5-21(6-8-22)23-9-11-27(29-24(23)18-42(2)31(29)44)38-30-25(33(34,35)36)17-37-32(40-30)39-26-10-4-20(16-28(26)48-3)19-49(45,46)47/h4,9-11,16-17,21-22H,5-8,12-15,18-19H2,1-3H3,(H2,45,46,47)(H2,37,38,39,40)/t21-,22+. The third-order valence-electron chi connectivity index (χ3n) is 9.74. The molecule has 2 aliphatic heterocycles. The van der Waals surface area contributed by atoms with Crippen LogP contribution in [0, 0.1) is 0 Å². The van der Waals surface area contributed by atoms with Crippen LogP contribution >= 0.6 is 7.60 Å². The van der Waals surface area contributed by atoms with E-state index in [2.05, 4.69) is 37.4 Å². The maximum Gasteiger partial charge on any atom is 0.421 e. The molecule has 1 saturated carbocycles. The van der Waals surface area contributed by atoms with Crippen molar-refractivity contribution in [1.82, 2.24) is 24.7 Å². The smallest absolute Gasteiger partial charge is 0.421 e. The Bertz CT molecular complexity index is 1760. The fourth-order valence-corrected chi connectivity index (χ4v) is 7.84. The molecule has 1 aliphatic carbocycles. The molecule has 1 saturated heterocycles. The van der Waals surface area contributed by atoms with Gasteiger partial charge in [-0.3, -0.25) is 14.3 Å². The average molecular weight is 704 g/mol. The molecular weight excluding hydrogens is 662 g/mol. The first-order valence-electron chi connectivity index (χ1n) is 16.2. The molecule has 6 rings (SSSR count). The number of alkyl halides is 3. The van der Waals surface area contributed by atoms with Crippen LogP contribution < -0.4 is 15.4 Å². The lowest BCUT2D eigenvalue weighted by Gasteiger charge is -2.41. The van der Waals surface area contributed by atoms with Gasteiger partial charge in [-0.2, -0.15) is 18.2 Å². The molecule has 3 aliphatic rings. The van der Waals surface area contributed by atoms with E-state index in [-0.39, 0.29) is 34.9 Å². The number of carbonyl (C=O) groups excluding carboxylic acids is 1. The molecule has 0 atom stereocenters. The number of carbonyl (C=O) groups is 1. The van der Waals surface area contributed by atoms with Gasteiger partial charge in [-0.1, -0.05) is 12.1 Å². The van der Waals surface area contributed by atoms with Gasteiger partial charge in [0.25, 0.3) is 5.91 Å². The van der Waals surface area contributed by atoms with Gasteiger partial charge in [0.05, 0.1) is 30.2 Å². The van der Waals surface area contributed by atoms with E-state index in [9.17, 15) is 32.3 Å². The van der Waals surface area contributed by atoms with E-state index in [1.165, 1.54) is 25.3 Å². The van der Waals surface area contributed by atoms with Gasteiger partial charge in [-0.15, -0.1) is 0 Å². The van der Waals surface area contributed by atoms with Crippen molar-refractivity contribution in [2.75, 3.05) is 58.0 Å². The summed E-state index contributed by atoms with van der Waals surface area (Å²) in [6.45, 7) is 4.65. The Labute approximate surface area is 282 Å². The highest BCUT2D eigenvalue weighted by Crippen LogP contribution is 2.44. The molecule has 1 amide bonds. The number of rotatable bonds is 9. The second-order valence-electron chi connectivity index (χ2n) is 13.1. The molecule has 264 valence electrons. The summed E-state index contributed by atoms with van der Waals surface area (Å²) in [7, 11) is 0.840. The quantitative estimate of drug-likeness (QED) is 0.209. The predicted molar refractivity (Wildman–Crippen MR) is 179 cm³/mol. The summed E-state index contributed by atoms with van der Waals surface area (Å²) in [6, 6.07) is 8.50. The molecule has 0 unspecified atom stereocenters. The van der Waals surface area contributed by atoms with E-state index in [4.69, 9.17) is 4.74 Å². The molecule has 0 spiro atoms. The lowest BCUT2D eigenvalue weighted by atomic mass is 9.78. The number of anilines is 4. The van der Waals surface area contributed by atoms with Crippen LogP contribution in [0.2, 0.25) is 0 Å². The highest BCUT2D eigenvalue weighted by atomic mass is 31.2. The van der Waals surface area contributed by atoms with Crippen molar-refractivity contribution in [3.8, 4) is 5.75 Å². The van der Waals surface area contributed by atoms with Crippen LogP contribution in [0.15, 0.2) is 36.5 Å². The van der Waals surface area contributed by atoms with Crippen LogP contribution in [0.5, 0.6) is 5.75 Å². The number of aromatic nitrogens is 2. The summed E-state index contributed by atoms with van der Waals surface area (Å²) < 4.78 is 59.4. The predicted octanol–water partition coefficient (Wildman–Crippen LogP) is 5.53. The zero-order valence-electron chi connectivity index (χ0n) is 27.6. The van der Waals surface area contributed by atoms with E-state index in [1.54, 1.807) is 18.0 Å². The molecule has 0 bridgehead atoms. The minimum absolute atomic E-state index is 0.184. The minimum atomic E-state index is -4.80. The van der Waals surface area contributed by atoms with E-state index >= 15 is 0 Å². The number of halogens is 3. The number of amides is 1. The summed E-state index contributed by atoms with van der Waals surface area (Å²) in [5.74, 6) is -0.554. The SMILES string of the molecule is COc1cc(CP(=O)(O)O)ccc1Nc1ncc(C(F)(F)F)c(Nc2ccc([C@H]3CC[C@@H](N4CCN(C)CC4)CC3)c3c2C(=O)N(C)C3)n1. The van der Waals surface area contributed by atoms with Crippen molar-refractivity contribution in [2.45, 2.75) is 56.5 Å². The van der Waals surface area contributed by atoms with E-state index in [0.29, 0.717) is 29.9 Å². The van der Waals surface area contributed by atoms with Crippen molar-refractivity contribution >= 4 is 36.6 Å². The molecule has 2 fully saturated rings. The number of benzene rings is 2. The van der Waals surface area contributed by atoms with Gasteiger partial charge in [0.2, 0.25) is 5.95 Å². The van der Waals surface area contributed by atoms with Crippen LogP contribution in [-0.2, 0) is 23.4 Å². The van der Waals surface area contributed by atoms with Crippen molar-refractivity contribution in [2.24, 2.45) is 0 Å². The molecule has 49 heavy (non-hydrogen) atoms. The second-order valence-corrected chi connectivity index (χ2v) is 14.8. The fraction of sp³-hybridized carbons (Fsp3) is 0.485. The fourth-order valence-electron chi connectivity index (χ4n) is 7.17. The van der Waals surface area contributed by atoms with Gasteiger partial charge in [-0.05, 0) is 73.5 Å². The number of likely N-dealkylation sites (N-methyl/N-ethyl adjacent to an activating group) is 1. The van der Waals surface area contributed by atoms with E-state index in [1.807, 2.05) is 6.07 Å². The Morgan fingerprint density at radius 2 is 1.69 bits per heavy atom. The Morgan fingerprint density at radius 1 is 1.00 bits per heavy atom. The van der Waals surface area contributed by atoms with Crippen molar-refractivity contribution in [1.29, 1.82) is 0 Å². The van der Waals surface area contributed by atoms with Crippen LogP contribution in [0.1, 0.15) is 64.2 Å². The topological polar surface area (TPSA) is 143 Å². The molecule has 1 aromatic heterocycles.